The zero-order valence-electron chi connectivity index (χ0n) is 3.82. The molecule has 36 valence electrons. The second kappa shape index (κ2) is 5.77. The van der Waals surface area contributed by atoms with Crippen molar-refractivity contribution in [3.05, 3.63) is 22.8 Å². The molecule has 7 heavy (non-hydrogen) atoms. The van der Waals surface area contributed by atoms with Gasteiger partial charge in [-0.25, -0.2) is 0 Å². The summed E-state index contributed by atoms with van der Waals surface area (Å²) in [5, 5.41) is 0. The molecule has 1 heteroatoms. The molecule has 0 unspecified atom stereocenters. The minimum Gasteiger partial charge on any atom is -0.0906 e. The SMILES string of the molecule is C=CC#C/C=C/I. The molecule has 0 aromatic heterocycles. The van der Waals surface area contributed by atoms with E-state index >= 15 is 0 Å². The number of halogens is 1. The van der Waals surface area contributed by atoms with Crippen molar-refractivity contribution in [2.45, 2.75) is 0 Å². The first-order chi connectivity index (χ1) is 3.41. The maximum atomic E-state index is 3.42. The number of hydrogen-bond donors (Lipinski definition) is 0. The van der Waals surface area contributed by atoms with Crippen molar-refractivity contribution in [3.8, 4) is 11.8 Å². The van der Waals surface area contributed by atoms with Gasteiger partial charge in [0.2, 0.25) is 0 Å². The van der Waals surface area contributed by atoms with Crippen LogP contribution in [0.5, 0.6) is 0 Å². The first kappa shape index (κ1) is 6.77. The Kier molecular flexibility index (Phi) is 5.58. The molecule has 0 N–H and O–H groups in total. The quantitative estimate of drug-likeness (QED) is 0.418. The zero-order chi connectivity index (χ0) is 5.54. The summed E-state index contributed by atoms with van der Waals surface area (Å²) in [6.45, 7) is 3.42. The highest BCUT2D eigenvalue weighted by Crippen LogP contribution is 1.79. The van der Waals surface area contributed by atoms with Gasteiger partial charge in [0.25, 0.3) is 0 Å². The fraction of sp³-hybridized carbons (Fsp3) is 0. The lowest BCUT2D eigenvalue weighted by molar-refractivity contribution is 2.21. The summed E-state index contributed by atoms with van der Waals surface area (Å²) in [5.41, 5.74) is 0. The van der Waals surface area contributed by atoms with E-state index in [1.807, 2.05) is 4.08 Å². The largest absolute Gasteiger partial charge is 0.0906 e. The van der Waals surface area contributed by atoms with E-state index in [1.165, 1.54) is 0 Å². The lowest BCUT2D eigenvalue weighted by atomic mass is 10.5. The molecule has 0 fully saturated rings. The third-order valence-corrected chi connectivity index (χ3v) is 0.691. The van der Waals surface area contributed by atoms with Gasteiger partial charge in [-0.3, -0.25) is 0 Å². The molecule has 0 spiro atoms. The summed E-state index contributed by atoms with van der Waals surface area (Å²) in [6, 6.07) is 0. The Bertz CT molecular complexity index is 123. The van der Waals surface area contributed by atoms with E-state index in [1.54, 1.807) is 12.2 Å². The van der Waals surface area contributed by atoms with Crippen LogP contribution in [-0.2, 0) is 0 Å². The van der Waals surface area contributed by atoms with Gasteiger partial charge in [0, 0.05) is 0 Å². The van der Waals surface area contributed by atoms with Crippen molar-refractivity contribution >= 4 is 22.6 Å². The third-order valence-electron chi connectivity index (χ3n) is 0.332. The molecule has 0 amide bonds. The average Bonchev–Trinajstić information content (AvgIpc) is 1.69. The van der Waals surface area contributed by atoms with Crippen LogP contribution in [-0.4, -0.2) is 0 Å². The van der Waals surface area contributed by atoms with E-state index in [-0.39, 0.29) is 0 Å². The summed E-state index contributed by atoms with van der Waals surface area (Å²) in [5.74, 6) is 5.40. The molecular weight excluding hydrogens is 199 g/mol. The van der Waals surface area contributed by atoms with Gasteiger partial charge in [0.05, 0.1) is 0 Å². The summed E-state index contributed by atoms with van der Waals surface area (Å²) in [4.78, 5) is 0. The molecule has 0 saturated heterocycles. The number of hydrogen-bond acceptors (Lipinski definition) is 0. The van der Waals surface area contributed by atoms with Crippen molar-refractivity contribution in [1.29, 1.82) is 0 Å². The fourth-order valence-electron chi connectivity index (χ4n) is 0.139. The van der Waals surface area contributed by atoms with Gasteiger partial charge in [0.15, 0.2) is 0 Å². The minimum atomic E-state index is 1.57. The molecule has 0 aliphatic carbocycles. The maximum Gasteiger partial charge on any atom is -0.00546 e. The third kappa shape index (κ3) is 5.77. The molecule has 0 nitrogen and oxygen atoms in total. The standard InChI is InChI=1S/C6H5I/c1-2-3-4-5-6-7/h2,5-6H,1H2/b6-5+. The number of allylic oxidation sites excluding steroid dienone is 2. The Labute approximate surface area is 57.4 Å². The smallest absolute Gasteiger partial charge is 0.00546 e. The first-order valence-electron chi connectivity index (χ1n) is 1.79. The molecular formula is C6H5I. The molecule has 0 saturated carbocycles. The summed E-state index contributed by atoms with van der Waals surface area (Å²) < 4.78 is 1.86. The predicted molar refractivity (Wildman–Crippen MR) is 41.1 cm³/mol. The van der Waals surface area contributed by atoms with Crippen LogP contribution in [0.15, 0.2) is 22.8 Å². The van der Waals surface area contributed by atoms with Crippen LogP contribution in [0.25, 0.3) is 0 Å². The van der Waals surface area contributed by atoms with Gasteiger partial charge >= 0.3 is 0 Å². The van der Waals surface area contributed by atoms with E-state index in [0.717, 1.165) is 0 Å². The Morgan fingerprint density at radius 1 is 1.43 bits per heavy atom. The lowest BCUT2D eigenvalue weighted by Gasteiger charge is -1.57. The van der Waals surface area contributed by atoms with Gasteiger partial charge in [-0.2, -0.15) is 0 Å². The molecule has 0 aromatic carbocycles. The molecule has 0 aliphatic rings. The molecule has 0 heterocycles. The molecule has 0 atom stereocenters. The molecule has 0 aromatic rings. The average molecular weight is 204 g/mol. The second-order valence-electron chi connectivity index (χ2n) is 0.785. The summed E-state index contributed by atoms with van der Waals surface area (Å²) >= 11 is 2.11. The lowest BCUT2D eigenvalue weighted by Crippen LogP contribution is -1.42. The van der Waals surface area contributed by atoms with Crippen LogP contribution in [0.3, 0.4) is 0 Å². The van der Waals surface area contributed by atoms with Crippen molar-refractivity contribution in [3.63, 3.8) is 0 Å². The maximum absolute atomic E-state index is 3.42. The van der Waals surface area contributed by atoms with E-state index in [2.05, 4.69) is 41.0 Å². The van der Waals surface area contributed by atoms with Crippen molar-refractivity contribution in [2.24, 2.45) is 0 Å². The monoisotopic (exact) mass is 204 g/mol. The number of rotatable bonds is 0. The topological polar surface area (TPSA) is 0 Å². The Morgan fingerprint density at radius 2 is 2.14 bits per heavy atom. The zero-order valence-corrected chi connectivity index (χ0v) is 5.97. The Morgan fingerprint density at radius 3 is 2.57 bits per heavy atom. The van der Waals surface area contributed by atoms with Gasteiger partial charge in [-0.05, 0) is 16.2 Å². The second-order valence-corrected chi connectivity index (χ2v) is 1.50. The van der Waals surface area contributed by atoms with E-state index in [0.29, 0.717) is 0 Å². The van der Waals surface area contributed by atoms with Crippen molar-refractivity contribution < 1.29 is 0 Å². The molecule has 0 rings (SSSR count). The van der Waals surface area contributed by atoms with Crippen LogP contribution < -0.4 is 0 Å². The highest BCUT2D eigenvalue weighted by Gasteiger charge is 1.49. The van der Waals surface area contributed by atoms with Gasteiger partial charge in [0.1, 0.15) is 0 Å². The summed E-state index contributed by atoms with van der Waals surface area (Å²) in [6.07, 6.45) is 3.33. The van der Waals surface area contributed by atoms with Gasteiger partial charge < -0.3 is 0 Å². The molecule has 0 bridgehead atoms. The van der Waals surface area contributed by atoms with Crippen LogP contribution in [0.4, 0.5) is 0 Å². The van der Waals surface area contributed by atoms with Gasteiger partial charge in [-0.1, -0.05) is 41.0 Å². The predicted octanol–water partition coefficient (Wildman–Crippen LogP) is 2.12. The van der Waals surface area contributed by atoms with Crippen molar-refractivity contribution in [2.75, 3.05) is 0 Å². The van der Waals surface area contributed by atoms with Crippen LogP contribution in [0.1, 0.15) is 0 Å². The molecule has 0 aliphatic heterocycles. The Hall–Kier alpha value is -0.230. The van der Waals surface area contributed by atoms with Crippen molar-refractivity contribution in [1.82, 2.24) is 0 Å². The highest BCUT2D eigenvalue weighted by atomic mass is 127. The van der Waals surface area contributed by atoms with Crippen LogP contribution >= 0.6 is 22.6 Å². The van der Waals surface area contributed by atoms with E-state index in [4.69, 9.17) is 0 Å². The normalized spacial score (nSPS) is 7.57. The van der Waals surface area contributed by atoms with Crippen LogP contribution in [0, 0.1) is 11.8 Å². The van der Waals surface area contributed by atoms with Gasteiger partial charge in [-0.15, -0.1) is 0 Å². The molecule has 0 radical (unpaired) electrons. The summed E-state index contributed by atoms with van der Waals surface area (Å²) in [7, 11) is 0. The van der Waals surface area contributed by atoms with E-state index < -0.39 is 0 Å². The fourth-order valence-corrected chi connectivity index (χ4v) is 0.318. The Balaban J connectivity index is 3.45. The van der Waals surface area contributed by atoms with E-state index in [9.17, 15) is 0 Å². The van der Waals surface area contributed by atoms with Crippen LogP contribution in [0.2, 0.25) is 0 Å². The minimum absolute atomic E-state index is 1.57. The highest BCUT2D eigenvalue weighted by molar-refractivity contribution is 14.1. The first-order valence-corrected chi connectivity index (χ1v) is 3.03.